The molecule has 15 heteroatoms. The third-order valence-electron chi connectivity index (χ3n) is 7.58. The van der Waals surface area contributed by atoms with E-state index in [4.69, 9.17) is 15.2 Å². The lowest BCUT2D eigenvalue weighted by atomic mass is 10.0. The van der Waals surface area contributed by atoms with E-state index in [0.29, 0.717) is 38.2 Å². The van der Waals surface area contributed by atoms with E-state index in [2.05, 4.69) is 30.5 Å². The highest BCUT2D eigenvalue weighted by Crippen LogP contribution is 2.43. The second-order valence-electron chi connectivity index (χ2n) is 10.8. The summed E-state index contributed by atoms with van der Waals surface area (Å²) in [6.07, 6.45) is -2.28. The molecule has 3 aromatic rings. The van der Waals surface area contributed by atoms with E-state index in [9.17, 15) is 22.0 Å². The van der Waals surface area contributed by atoms with Crippen molar-refractivity contribution in [2.24, 2.45) is 0 Å². The first-order chi connectivity index (χ1) is 21.9. The number of ether oxygens (including phenoxy) is 2. The van der Waals surface area contributed by atoms with Gasteiger partial charge in [0.05, 0.1) is 13.2 Å². The van der Waals surface area contributed by atoms with Crippen LogP contribution in [-0.2, 0) is 6.18 Å². The van der Waals surface area contributed by atoms with Gasteiger partial charge in [0.15, 0.2) is 5.82 Å². The van der Waals surface area contributed by atoms with Gasteiger partial charge in [0, 0.05) is 36.9 Å². The van der Waals surface area contributed by atoms with Crippen LogP contribution in [0.1, 0.15) is 58.9 Å². The Morgan fingerprint density at radius 3 is 2.46 bits per heavy atom. The number of nitrogens with zero attached hydrogens (tertiary/aromatic N) is 4. The van der Waals surface area contributed by atoms with Crippen molar-refractivity contribution >= 4 is 22.4 Å². The maximum atomic E-state index is 15.8. The van der Waals surface area contributed by atoms with Crippen molar-refractivity contribution in [1.29, 1.82) is 0 Å². The van der Waals surface area contributed by atoms with Crippen molar-refractivity contribution in [3.05, 3.63) is 29.3 Å². The predicted octanol–water partition coefficient (Wildman–Crippen LogP) is 6.61. The summed E-state index contributed by atoms with van der Waals surface area (Å²) in [5, 5.41) is 5.93. The van der Waals surface area contributed by atoms with Crippen molar-refractivity contribution in [3.8, 4) is 23.1 Å². The Morgan fingerprint density at radius 2 is 1.85 bits per heavy atom. The number of aromatic nitrogens is 3. The van der Waals surface area contributed by atoms with Crippen molar-refractivity contribution in [2.45, 2.75) is 77.9 Å². The zero-order chi connectivity index (χ0) is 34.2. The summed E-state index contributed by atoms with van der Waals surface area (Å²) in [6, 6.07) is 1.68. The molecule has 2 aromatic heterocycles. The third kappa shape index (κ3) is 8.60. The molecule has 0 spiro atoms. The van der Waals surface area contributed by atoms with Crippen LogP contribution in [0.15, 0.2) is 12.1 Å². The number of pyridine rings is 1. The maximum absolute atomic E-state index is 15.8. The molecule has 0 aliphatic carbocycles. The van der Waals surface area contributed by atoms with Gasteiger partial charge in [0.1, 0.15) is 40.0 Å². The number of likely N-dealkylation sites (N-methyl/N-ethyl adjacent to an activating group) is 1. The number of hydrogen-bond donors (Lipinski definition) is 3. The van der Waals surface area contributed by atoms with Crippen LogP contribution in [0.25, 0.3) is 22.2 Å². The van der Waals surface area contributed by atoms with E-state index in [1.54, 1.807) is 14.0 Å². The molecule has 4 N–H and O–H groups in total. The van der Waals surface area contributed by atoms with Crippen LogP contribution in [-0.4, -0.2) is 78.5 Å². The molecule has 3 atom stereocenters. The normalized spacial score (nSPS) is 18.3. The number of alkyl halides is 4. The quantitative estimate of drug-likeness (QED) is 0.133. The highest BCUT2D eigenvalue weighted by atomic mass is 19.4. The topological polar surface area (TPSA) is 110 Å². The number of benzene rings is 1. The molecule has 9 nitrogen and oxygen atoms in total. The van der Waals surface area contributed by atoms with Gasteiger partial charge >= 0.3 is 12.2 Å². The van der Waals surface area contributed by atoms with Crippen LogP contribution < -0.4 is 25.8 Å². The molecular weight excluding hydrogens is 616 g/mol. The second kappa shape index (κ2) is 16.3. The summed E-state index contributed by atoms with van der Waals surface area (Å²) in [4.78, 5) is 14.5. The smallest absolute Gasteiger partial charge is 0.419 e. The number of halogens is 6. The summed E-state index contributed by atoms with van der Waals surface area (Å²) in [7, 11) is 2.98. The van der Waals surface area contributed by atoms with E-state index in [1.165, 1.54) is 20.0 Å². The zero-order valence-corrected chi connectivity index (χ0v) is 27.0. The fourth-order valence-electron chi connectivity index (χ4n) is 5.31. The highest BCUT2D eigenvalue weighted by molar-refractivity contribution is 5.96. The minimum Gasteiger partial charge on any atom is -0.474 e. The monoisotopic (exact) mass is 659 g/mol. The average Bonchev–Trinajstić information content (AvgIpc) is 3.59. The molecule has 256 valence electrons. The first-order valence-corrected chi connectivity index (χ1v) is 15.4. The van der Waals surface area contributed by atoms with Gasteiger partial charge in [-0.05, 0) is 58.3 Å². The molecule has 0 saturated carbocycles. The molecule has 0 bridgehead atoms. The third-order valence-corrected chi connectivity index (χ3v) is 7.58. The minimum absolute atomic E-state index is 0.00128. The largest absolute Gasteiger partial charge is 0.474 e. The molecule has 0 amide bonds. The Balaban J connectivity index is 0.000000439. The first-order valence-electron chi connectivity index (χ1n) is 15.4. The van der Waals surface area contributed by atoms with Crippen molar-refractivity contribution < 1.29 is 35.8 Å². The SMILES string of the molecule is CC.CCC(C)Oc1nc(-c2cc(N)cc(F)c2C(F)(F)F)c(F)c2nc(OC)nc(NCCNC)c12.FC1CC2CCCN2C1. The van der Waals surface area contributed by atoms with E-state index in [0.717, 1.165) is 19.0 Å². The van der Waals surface area contributed by atoms with Crippen LogP contribution in [0.4, 0.5) is 37.8 Å². The van der Waals surface area contributed by atoms with Crippen LogP contribution in [0.5, 0.6) is 11.9 Å². The van der Waals surface area contributed by atoms with Gasteiger partial charge < -0.3 is 25.8 Å². The van der Waals surface area contributed by atoms with Crippen LogP contribution in [0, 0.1) is 11.6 Å². The van der Waals surface area contributed by atoms with Crippen LogP contribution >= 0.6 is 0 Å². The van der Waals surface area contributed by atoms with Crippen LogP contribution in [0.2, 0.25) is 0 Å². The summed E-state index contributed by atoms with van der Waals surface area (Å²) in [5.41, 5.74) is 1.43. The number of rotatable bonds is 9. The summed E-state index contributed by atoms with van der Waals surface area (Å²) in [5.74, 6) is -3.03. The Morgan fingerprint density at radius 1 is 1.13 bits per heavy atom. The lowest BCUT2D eigenvalue weighted by Crippen LogP contribution is -2.22. The second-order valence-corrected chi connectivity index (χ2v) is 10.8. The summed E-state index contributed by atoms with van der Waals surface area (Å²) < 4.78 is 95.1. The number of anilines is 2. The minimum atomic E-state index is -5.16. The van der Waals surface area contributed by atoms with Gasteiger partial charge in [-0.1, -0.05) is 20.8 Å². The Kier molecular flexibility index (Phi) is 13.1. The summed E-state index contributed by atoms with van der Waals surface area (Å²) in [6.45, 7) is 10.3. The van der Waals surface area contributed by atoms with Crippen molar-refractivity contribution in [1.82, 2.24) is 25.2 Å². The molecule has 0 radical (unpaired) electrons. The van der Waals surface area contributed by atoms with E-state index in [1.807, 2.05) is 20.8 Å². The van der Waals surface area contributed by atoms with Gasteiger partial charge in [-0.25, -0.2) is 18.2 Å². The zero-order valence-electron chi connectivity index (χ0n) is 27.0. The fraction of sp³-hybridized carbons (Fsp3) is 0.581. The number of methoxy groups -OCH3 is 1. The van der Waals surface area contributed by atoms with Gasteiger partial charge in [0.2, 0.25) is 5.88 Å². The Hall–Kier alpha value is -3.59. The average molecular weight is 660 g/mol. The standard InChI is InChI=1S/C22H25F5N6O2.C7H12FN.C2H6/c1-5-10(2)35-20-14-18(32-21(34-4)33-19(14)30-7-6-29-3)16(24)17(31-20)12-8-11(28)9-13(23)15(12)22(25,26)27;8-6-4-7-2-1-3-9(7)5-6;1-2/h8-10,29H,5-7,28H2,1-4H3,(H,30,32,33);6-7H,1-5H2;1-2H3. The molecule has 1 aromatic carbocycles. The lowest BCUT2D eigenvalue weighted by Gasteiger charge is -2.20. The molecule has 2 aliphatic rings. The molecule has 5 rings (SSSR count). The number of nitrogen functional groups attached to an aromatic ring is 1. The number of nitrogens with one attached hydrogen (secondary N) is 2. The summed E-state index contributed by atoms with van der Waals surface area (Å²) >= 11 is 0. The highest BCUT2D eigenvalue weighted by Gasteiger charge is 2.39. The molecule has 2 aliphatic heterocycles. The van der Waals surface area contributed by atoms with Gasteiger partial charge in [-0.3, -0.25) is 4.90 Å². The van der Waals surface area contributed by atoms with E-state index in [-0.39, 0.29) is 28.8 Å². The van der Waals surface area contributed by atoms with Gasteiger partial charge in [0.25, 0.3) is 0 Å². The van der Waals surface area contributed by atoms with Crippen LogP contribution in [0.3, 0.4) is 0 Å². The van der Waals surface area contributed by atoms with Gasteiger partial charge in [-0.2, -0.15) is 23.1 Å². The first kappa shape index (κ1) is 36.9. The van der Waals surface area contributed by atoms with Gasteiger partial charge in [-0.15, -0.1) is 0 Å². The fourth-order valence-corrected chi connectivity index (χ4v) is 5.31. The number of nitrogens with two attached hydrogens (primary N) is 1. The number of hydrogen-bond acceptors (Lipinski definition) is 9. The van der Waals surface area contributed by atoms with E-state index < -0.39 is 52.4 Å². The molecule has 46 heavy (non-hydrogen) atoms. The number of fused-ring (bicyclic) bond motifs is 2. The van der Waals surface area contributed by atoms with Crippen molar-refractivity contribution in [3.63, 3.8) is 0 Å². The molecule has 3 unspecified atom stereocenters. The maximum Gasteiger partial charge on any atom is 0.419 e. The predicted molar refractivity (Wildman–Crippen MR) is 167 cm³/mol. The molecule has 2 fully saturated rings. The van der Waals surface area contributed by atoms with E-state index >= 15 is 4.39 Å². The lowest BCUT2D eigenvalue weighted by molar-refractivity contribution is -0.139. The Labute approximate surface area is 265 Å². The Bertz CT molecular complexity index is 1450. The molecule has 2 saturated heterocycles. The molecule has 4 heterocycles. The van der Waals surface area contributed by atoms with Crippen molar-refractivity contribution in [2.75, 3.05) is 51.4 Å². The molecular formula is C31H43F6N7O2.